The SMILES string of the molecule is O=c1c(-c2cccc(C(F)(F)F)c2Cl)nn(CCCCC(F)(F)F)c2cccc(Cl)c12. The average Bonchev–Trinajstić information content (AvgIpc) is 2.65. The maximum atomic E-state index is 13.2. The molecular formula is C20H14Cl2F6N2O. The predicted molar refractivity (Wildman–Crippen MR) is 106 cm³/mol. The van der Waals surface area contributed by atoms with Gasteiger partial charge < -0.3 is 0 Å². The number of hydrogen-bond acceptors (Lipinski definition) is 2. The minimum Gasteiger partial charge on any atom is -0.287 e. The van der Waals surface area contributed by atoms with Gasteiger partial charge in [-0.05, 0) is 31.0 Å². The molecule has 0 spiro atoms. The van der Waals surface area contributed by atoms with E-state index in [4.69, 9.17) is 23.2 Å². The third-order valence-electron chi connectivity index (χ3n) is 4.57. The standard InChI is InChI=1S/C20H14Cl2F6N2O/c21-13-7-4-8-14-15(13)18(31)17(29-30(14)10-2-1-9-19(23,24)25)11-5-3-6-12(16(11)22)20(26,27)28/h3-8H,1-2,9-10H2. The first kappa shape index (κ1) is 23.4. The van der Waals surface area contributed by atoms with E-state index in [1.165, 1.54) is 28.9 Å². The summed E-state index contributed by atoms with van der Waals surface area (Å²) in [4.78, 5) is 13.0. The summed E-state index contributed by atoms with van der Waals surface area (Å²) in [6.07, 6.45) is -10.2. The van der Waals surface area contributed by atoms with Crippen LogP contribution < -0.4 is 5.43 Å². The summed E-state index contributed by atoms with van der Waals surface area (Å²) in [5.41, 5.74) is -2.21. The Morgan fingerprint density at radius 3 is 2.26 bits per heavy atom. The molecular weight excluding hydrogens is 469 g/mol. The number of unbranched alkanes of at least 4 members (excludes halogenated alkanes) is 1. The molecule has 0 unspecified atom stereocenters. The lowest BCUT2D eigenvalue weighted by molar-refractivity contribution is -0.137. The van der Waals surface area contributed by atoms with Crippen molar-refractivity contribution in [3.63, 3.8) is 0 Å². The summed E-state index contributed by atoms with van der Waals surface area (Å²) in [5, 5.41) is 3.48. The fraction of sp³-hybridized carbons (Fsp3) is 0.300. The predicted octanol–water partition coefficient (Wildman–Crippen LogP) is 7.12. The minimum absolute atomic E-state index is 0.00142. The van der Waals surface area contributed by atoms with Crippen LogP contribution in [-0.4, -0.2) is 16.0 Å². The molecule has 0 saturated carbocycles. The molecule has 0 aliphatic carbocycles. The van der Waals surface area contributed by atoms with Crippen LogP contribution in [0.3, 0.4) is 0 Å². The molecule has 0 aliphatic heterocycles. The van der Waals surface area contributed by atoms with E-state index in [2.05, 4.69) is 5.10 Å². The van der Waals surface area contributed by atoms with Crippen molar-refractivity contribution in [2.45, 2.75) is 38.2 Å². The Hall–Kier alpha value is -2.26. The van der Waals surface area contributed by atoms with Crippen LogP contribution in [-0.2, 0) is 12.7 Å². The van der Waals surface area contributed by atoms with Crippen LogP contribution >= 0.6 is 23.2 Å². The molecule has 3 rings (SSSR count). The molecule has 31 heavy (non-hydrogen) atoms. The number of aryl methyl sites for hydroxylation is 1. The number of hydrogen-bond donors (Lipinski definition) is 0. The van der Waals surface area contributed by atoms with Crippen LogP contribution in [0.25, 0.3) is 22.2 Å². The third-order valence-corrected chi connectivity index (χ3v) is 5.29. The van der Waals surface area contributed by atoms with Crippen LogP contribution in [0.15, 0.2) is 41.2 Å². The highest BCUT2D eigenvalue weighted by atomic mass is 35.5. The molecule has 0 N–H and O–H groups in total. The molecule has 1 heterocycles. The molecule has 3 aromatic rings. The monoisotopic (exact) mass is 482 g/mol. The normalized spacial score (nSPS) is 12.5. The molecule has 0 radical (unpaired) electrons. The zero-order chi connectivity index (χ0) is 23.0. The highest BCUT2D eigenvalue weighted by Crippen LogP contribution is 2.39. The second-order valence-corrected chi connectivity index (χ2v) is 7.56. The van der Waals surface area contributed by atoms with Gasteiger partial charge in [0, 0.05) is 18.5 Å². The Morgan fingerprint density at radius 1 is 0.935 bits per heavy atom. The Kier molecular flexibility index (Phi) is 6.57. The smallest absolute Gasteiger partial charge is 0.287 e. The zero-order valence-corrected chi connectivity index (χ0v) is 17.1. The van der Waals surface area contributed by atoms with Crippen LogP contribution in [0.5, 0.6) is 0 Å². The van der Waals surface area contributed by atoms with E-state index >= 15 is 0 Å². The van der Waals surface area contributed by atoms with Crippen LogP contribution in [0.1, 0.15) is 24.8 Å². The number of rotatable bonds is 5. The van der Waals surface area contributed by atoms with Gasteiger partial charge in [0.25, 0.3) is 0 Å². The Morgan fingerprint density at radius 2 is 1.61 bits per heavy atom. The van der Waals surface area contributed by atoms with E-state index in [0.717, 1.165) is 12.1 Å². The second-order valence-electron chi connectivity index (χ2n) is 6.77. The van der Waals surface area contributed by atoms with Gasteiger partial charge in [0.1, 0.15) is 5.69 Å². The zero-order valence-electron chi connectivity index (χ0n) is 15.6. The molecule has 0 amide bonds. The van der Waals surface area contributed by atoms with E-state index in [1.54, 1.807) is 0 Å². The first-order valence-corrected chi connectivity index (χ1v) is 9.78. The van der Waals surface area contributed by atoms with Gasteiger partial charge >= 0.3 is 12.4 Å². The molecule has 1 aromatic heterocycles. The lowest BCUT2D eigenvalue weighted by Gasteiger charge is -2.15. The summed E-state index contributed by atoms with van der Waals surface area (Å²) in [7, 11) is 0. The maximum Gasteiger partial charge on any atom is 0.417 e. The van der Waals surface area contributed by atoms with E-state index in [9.17, 15) is 31.1 Å². The summed E-state index contributed by atoms with van der Waals surface area (Å²) in [6.45, 7) is -0.00319. The van der Waals surface area contributed by atoms with E-state index in [0.29, 0.717) is 0 Å². The summed E-state index contributed by atoms with van der Waals surface area (Å²) in [6, 6.07) is 7.56. The highest BCUT2D eigenvalue weighted by molar-refractivity contribution is 6.35. The van der Waals surface area contributed by atoms with E-state index < -0.39 is 34.8 Å². The van der Waals surface area contributed by atoms with Gasteiger partial charge in [-0.2, -0.15) is 31.4 Å². The number of aromatic nitrogens is 2. The fourth-order valence-corrected chi connectivity index (χ4v) is 3.74. The second kappa shape index (κ2) is 8.70. The number of halogens is 8. The Bertz CT molecular complexity index is 1170. The fourth-order valence-electron chi connectivity index (χ4n) is 3.16. The van der Waals surface area contributed by atoms with Gasteiger partial charge in [0.05, 0.1) is 26.5 Å². The highest BCUT2D eigenvalue weighted by Gasteiger charge is 2.34. The maximum absolute atomic E-state index is 13.2. The molecule has 2 aromatic carbocycles. The van der Waals surface area contributed by atoms with Crippen molar-refractivity contribution >= 4 is 34.1 Å². The molecule has 0 saturated heterocycles. The lowest BCUT2D eigenvalue weighted by Crippen LogP contribution is -2.18. The van der Waals surface area contributed by atoms with E-state index in [-0.39, 0.29) is 46.6 Å². The topological polar surface area (TPSA) is 34.9 Å². The quantitative estimate of drug-likeness (QED) is 0.286. The lowest BCUT2D eigenvalue weighted by atomic mass is 10.0. The van der Waals surface area contributed by atoms with Crippen molar-refractivity contribution in [2.24, 2.45) is 0 Å². The first-order chi connectivity index (χ1) is 14.4. The van der Waals surface area contributed by atoms with Crippen LogP contribution in [0.4, 0.5) is 26.3 Å². The summed E-state index contributed by atoms with van der Waals surface area (Å²) in [5.74, 6) is 0. The molecule has 0 bridgehead atoms. The number of nitrogens with zero attached hydrogens (tertiary/aromatic N) is 2. The molecule has 3 nitrogen and oxygen atoms in total. The number of benzene rings is 2. The minimum atomic E-state index is -4.75. The van der Waals surface area contributed by atoms with Crippen molar-refractivity contribution in [2.75, 3.05) is 0 Å². The van der Waals surface area contributed by atoms with Gasteiger partial charge in [0.15, 0.2) is 0 Å². The Balaban J connectivity index is 2.15. The number of alkyl halides is 6. The van der Waals surface area contributed by atoms with Gasteiger partial charge in [0.2, 0.25) is 5.43 Å². The van der Waals surface area contributed by atoms with Crippen molar-refractivity contribution in [3.05, 3.63) is 62.2 Å². The average molecular weight is 483 g/mol. The van der Waals surface area contributed by atoms with Crippen molar-refractivity contribution in [1.82, 2.24) is 9.78 Å². The van der Waals surface area contributed by atoms with Crippen molar-refractivity contribution in [1.29, 1.82) is 0 Å². The molecule has 0 fully saturated rings. The van der Waals surface area contributed by atoms with Gasteiger partial charge in [-0.3, -0.25) is 9.48 Å². The molecule has 166 valence electrons. The molecule has 11 heteroatoms. The van der Waals surface area contributed by atoms with Gasteiger partial charge in [-0.25, -0.2) is 0 Å². The summed E-state index contributed by atoms with van der Waals surface area (Å²) >= 11 is 12.1. The van der Waals surface area contributed by atoms with Gasteiger partial charge in [-0.15, -0.1) is 0 Å². The summed E-state index contributed by atoms with van der Waals surface area (Å²) < 4.78 is 78.2. The largest absolute Gasteiger partial charge is 0.417 e. The molecule has 0 aliphatic rings. The van der Waals surface area contributed by atoms with Crippen molar-refractivity contribution < 1.29 is 26.3 Å². The van der Waals surface area contributed by atoms with Gasteiger partial charge in [-0.1, -0.05) is 41.4 Å². The molecule has 0 atom stereocenters. The number of fused-ring (bicyclic) bond motifs is 1. The van der Waals surface area contributed by atoms with E-state index in [1.807, 2.05) is 0 Å². The Labute approximate surface area is 182 Å². The van der Waals surface area contributed by atoms with Crippen LogP contribution in [0.2, 0.25) is 10.0 Å². The first-order valence-electron chi connectivity index (χ1n) is 9.02. The van der Waals surface area contributed by atoms with Crippen LogP contribution in [0, 0.1) is 0 Å². The van der Waals surface area contributed by atoms with Crippen molar-refractivity contribution in [3.8, 4) is 11.3 Å². The third kappa shape index (κ3) is 5.15.